The van der Waals surface area contributed by atoms with E-state index in [1.807, 2.05) is 6.07 Å². The van der Waals surface area contributed by atoms with Gasteiger partial charge in [0.05, 0.1) is 0 Å². The van der Waals surface area contributed by atoms with E-state index >= 15 is 0 Å². The largest absolute Gasteiger partial charge is 0.302 e. The molecule has 1 nitrogen and oxygen atoms in total. The van der Waals surface area contributed by atoms with Gasteiger partial charge in [0.25, 0.3) is 0 Å². The molecule has 4 rings (SSSR count). The van der Waals surface area contributed by atoms with Gasteiger partial charge in [-0.2, -0.15) is 0 Å². The molecule has 24 heavy (non-hydrogen) atoms. The molecule has 0 bridgehead atoms. The highest BCUT2D eigenvalue weighted by molar-refractivity contribution is 5.86. The third-order valence-corrected chi connectivity index (χ3v) is 4.97. The summed E-state index contributed by atoms with van der Waals surface area (Å²) in [5.74, 6) is -0.336. The molecule has 0 saturated carbocycles. The Morgan fingerprint density at radius 1 is 1.00 bits per heavy atom. The van der Waals surface area contributed by atoms with Gasteiger partial charge in [-0.05, 0) is 60.0 Å². The maximum Gasteiger partial charge on any atom is 0.123 e. The maximum absolute atomic E-state index is 13.8. The first-order valence-electron chi connectivity index (χ1n) is 8.27. The molecule has 122 valence electrons. The van der Waals surface area contributed by atoms with Crippen LogP contribution >= 0.6 is 0 Å². The van der Waals surface area contributed by atoms with Crippen LogP contribution in [0.25, 0.3) is 5.57 Å². The first-order valence-corrected chi connectivity index (χ1v) is 8.27. The highest BCUT2D eigenvalue weighted by atomic mass is 19.1. The van der Waals surface area contributed by atoms with Crippen molar-refractivity contribution < 1.29 is 8.78 Å². The molecule has 2 aromatic rings. The summed E-state index contributed by atoms with van der Waals surface area (Å²) in [6.07, 6.45) is 5.45. The van der Waals surface area contributed by atoms with Crippen LogP contribution < -0.4 is 0 Å². The van der Waals surface area contributed by atoms with Crippen molar-refractivity contribution in [2.24, 2.45) is 0 Å². The minimum Gasteiger partial charge on any atom is -0.302 e. The van der Waals surface area contributed by atoms with Crippen LogP contribution in [0.2, 0.25) is 0 Å². The Balaban J connectivity index is 1.80. The molecule has 1 atom stereocenters. The van der Waals surface area contributed by atoms with Crippen molar-refractivity contribution >= 4 is 5.57 Å². The fourth-order valence-electron chi connectivity index (χ4n) is 3.64. The summed E-state index contributed by atoms with van der Waals surface area (Å²) in [7, 11) is 2.11. The first kappa shape index (κ1) is 15.3. The fraction of sp³-hybridized carbons (Fsp3) is 0.238. The molecule has 0 radical (unpaired) electrons. The van der Waals surface area contributed by atoms with Crippen molar-refractivity contribution in [3.8, 4) is 0 Å². The molecular weight excluding hydrogens is 304 g/mol. The van der Waals surface area contributed by atoms with E-state index in [9.17, 15) is 8.78 Å². The molecule has 3 heteroatoms. The van der Waals surface area contributed by atoms with E-state index in [4.69, 9.17) is 0 Å². The highest BCUT2D eigenvalue weighted by Gasteiger charge is 2.28. The Morgan fingerprint density at radius 3 is 2.46 bits per heavy atom. The Bertz CT molecular complexity index is 833. The number of halogens is 2. The molecule has 2 aromatic carbocycles. The summed E-state index contributed by atoms with van der Waals surface area (Å²) in [5, 5.41) is 0. The third-order valence-electron chi connectivity index (χ3n) is 4.97. The normalized spacial score (nSPS) is 20.5. The Kier molecular flexibility index (Phi) is 3.81. The third kappa shape index (κ3) is 2.69. The van der Waals surface area contributed by atoms with E-state index in [2.05, 4.69) is 24.1 Å². The van der Waals surface area contributed by atoms with E-state index in [1.165, 1.54) is 23.8 Å². The number of likely N-dealkylation sites (N-methyl/N-ethyl adjacent to an activating group) is 1. The lowest BCUT2D eigenvalue weighted by Crippen LogP contribution is -2.25. The van der Waals surface area contributed by atoms with Gasteiger partial charge in [-0.25, -0.2) is 8.78 Å². The zero-order valence-electron chi connectivity index (χ0n) is 13.6. The van der Waals surface area contributed by atoms with Crippen molar-refractivity contribution in [2.75, 3.05) is 20.1 Å². The van der Waals surface area contributed by atoms with Crippen LogP contribution in [-0.2, 0) is 0 Å². The average Bonchev–Trinajstić information content (AvgIpc) is 2.95. The number of fused-ring (bicyclic) bond motifs is 1. The standard InChI is InChI=1S/C21H19F2N/c1-24-10-8-15(9-11-24)20-13-19(14-2-4-16(22)5-3-14)18-7-6-17(23)12-21(18)20/h2-8,12-13,20H,9-11H2,1H3. The SMILES string of the molecule is CN1CC=C(C2C=C(c3ccc(F)cc3)c3ccc(F)cc32)CC1. The molecule has 2 aliphatic rings. The lowest BCUT2D eigenvalue weighted by Gasteiger charge is -2.25. The van der Waals surface area contributed by atoms with E-state index in [1.54, 1.807) is 18.2 Å². The molecule has 0 spiro atoms. The summed E-state index contributed by atoms with van der Waals surface area (Å²) in [5.41, 5.74) is 5.45. The molecule has 1 unspecified atom stereocenters. The van der Waals surface area contributed by atoms with Gasteiger partial charge in [-0.1, -0.05) is 35.9 Å². The van der Waals surface area contributed by atoms with Gasteiger partial charge in [-0.3, -0.25) is 0 Å². The predicted molar refractivity (Wildman–Crippen MR) is 92.8 cm³/mol. The van der Waals surface area contributed by atoms with Gasteiger partial charge in [0.2, 0.25) is 0 Å². The highest BCUT2D eigenvalue weighted by Crippen LogP contribution is 2.44. The van der Waals surface area contributed by atoms with Crippen molar-refractivity contribution in [3.63, 3.8) is 0 Å². The smallest absolute Gasteiger partial charge is 0.123 e. The second-order valence-electron chi connectivity index (χ2n) is 6.59. The van der Waals surface area contributed by atoms with E-state index in [-0.39, 0.29) is 17.6 Å². The number of hydrogen-bond donors (Lipinski definition) is 0. The van der Waals surface area contributed by atoms with Crippen molar-refractivity contribution in [1.29, 1.82) is 0 Å². The Hall–Kier alpha value is -2.26. The minimum atomic E-state index is -0.244. The Labute approximate surface area is 140 Å². The fourth-order valence-corrected chi connectivity index (χ4v) is 3.64. The van der Waals surface area contributed by atoms with Crippen molar-refractivity contribution in [1.82, 2.24) is 4.90 Å². The zero-order valence-corrected chi connectivity index (χ0v) is 13.6. The quantitative estimate of drug-likeness (QED) is 0.721. The topological polar surface area (TPSA) is 3.24 Å². The molecule has 0 N–H and O–H groups in total. The second kappa shape index (κ2) is 5.99. The zero-order chi connectivity index (χ0) is 16.7. The van der Waals surface area contributed by atoms with Gasteiger partial charge >= 0.3 is 0 Å². The second-order valence-corrected chi connectivity index (χ2v) is 6.59. The van der Waals surface area contributed by atoms with Crippen LogP contribution in [-0.4, -0.2) is 25.0 Å². The van der Waals surface area contributed by atoms with Gasteiger partial charge in [0.15, 0.2) is 0 Å². The monoisotopic (exact) mass is 323 g/mol. The lowest BCUT2D eigenvalue weighted by molar-refractivity contribution is 0.356. The maximum atomic E-state index is 13.8. The molecule has 1 aliphatic heterocycles. The van der Waals surface area contributed by atoms with E-state index in [0.29, 0.717) is 0 Å². The predicted octanol–water partition coefficient (Wildman–Crippen LogP) is 4.76. The van der Waals surface area contributed by atoms with Crippen LogP contribution in [0, 0.1) is 11.6 Å². The van der Waals surface area contributed by atoms with Gasteiger partial charge in [0, 0.05) is 19.0 Å². The number of benzene rings is 2. The summed E-state index contributed by atoms with van der Waals surface area (Å²) >= 11 is 0. The van der Waals surface area contributed by atoms with Gasteiger partial charge in [-0.15, -0.1) is 0 Å². The van der Waals surface area contributed by atoms with Crippen molar-refractivity contribution in [3.05, 3.63) is 88.5 Å². The lowest BCUT2D eigenvalue weighted by atomic mass is 9.89. The molecule has 0 aromatic heterocycles. The molecule has 0 fully saturated rings. The summed E-state index contributed by atoms with van der Waals surface area (Å²) in [4.78, 5) is 2.27. The molecule has 0 amide bonds. The van der Waals surface area contributed by atoms with Crippen molar-refractivity contribution in [2.45, 2.75) is 12.3 Å². The van der Waals surface area contributed by atoms with Gasteiger partial charge < -0.3 is 4.90 Å². The molecule has 1 heterocycles. The van der Waals surface area contributed by atoms with E-state index in [0.717, 1.165) is 41.8 Å². The molecular formula is C21H19F2N. The van der Waals surface area contributed by atoms with Crippen LogP contribution in [0.3, 0.4) is 0 Å². The summed E-state index contributed by atoms with van der Waals surface area (Å²) in [6, 6.07) is 11.5. The Morgan fingerprint density at radius 2 is 1.75 bits per heavy atom. The number of hydrogen-bond acceptors (Lipinski definition) is 1. The van der Waals surface area contributed by atoms with E-state index < -0.39 is 0 Å². The summed E-state index contributed by atoms with van der Waals surface area (Å²) < 4.78 is 27.1. The molecule has 0 saturated heterocycles. The van der Waals surface area contributed by atoms with Crippen LogP contribution in [0.15, 0.2) is 60.2 Å². The van der Waals surface area contributed by atoms with Gasteiger partial charge in [0.1, 0.15) is 11.6 Å². The van der Waals surface area contributed by atoms with Crippen LogP contribution in [0.1, 0.15) is 29.0 Å². The molecule has 1 aliphatic carbocycles. The first-order chi connectivity index (χ1) is 11.6. The average molecular weight is 323 g/mol. The van der Waals surface area contributed by atoms with Crippen LogP contribution in [0.4, 0.5) is 8.78 Å². The summed E-state index contributed by atoms with van der Waals surface area (Å²) in [6.45, 7) is 1.95. The number of nitrogens with zero attached hydrogens (tertiary/aromatic N) is 1. The number of rotatable bonds is 2. The minimum absolute atomic E-state index is 0.115. The number of allylic oxidation sites excluding steroid dienone is 1. The van der Waals surface area contributed by atoms with Crippen LogP contribution in [0.5, 0.6) is 0 Å².